The highest BCUT2D eigenvalue weighted by Crippen LogP contribution is 2.35. The average molecular weight is 337 g/mol. The summed E-state index contributed by atoms with van der Waals surface area (Å²) in [5.74, 6) is -0.246. The number of hydrogen-bond donors (Lipinski definition) is 0. The Kier molecular flexibility index (Phi) is 2.66. The highest BCUT2D eigenvalue weighted by molar-refractivity contribution is 9.10. The van der Waals surface area contributed by atoms with Crippen LogP contribution in [0.15, 0.2) is 50.7 Å². The number of sulfone groups is 1. The normalized spacial score (nSPS) is 15.8. The molecule has 1 heterocycles. The van der Waals surface area contributed by atoms with Crippen molar-refractivity contribution in [2.75, 3.05) is 0 Å². The monoisotopic (exact) mass is 336 g/mol. The van der Waals surface area contributed by atoms with Crippen LogP contribution in [0.2, 0.25) is 0 Å². The highest BCUT2D eigenvalue weighted by Gasteiger charge is 2.34. The lowest BCUT2D eigenvalue weighted by Gasteiger charge is -2.19. The molecule has 2 aromatic carbocycles. The van der Waals surface area contributed by atoms with Crippen LogP contribution >= 0.6 is 15.9 Å². The van der Waals surface area contributed by atoms with E-state index in [-0.39, 0.29) is 26.7 Å². The summed E-state index contributed by atoms with van der Waals surface area (Å²) < 4.78 is 25.7. The van der Waals surface area contributed by atoms with Gasteiger partial charge in [-0.2, -0.15) is 0 Å². The summed E-state index contributed by atoms with van der Waals surface area (Å²) in [5, 5.41) is 0. The summed E-state index contributed by atoms with van der Waals surface area (Å²) in [6.07, 6.45) is 0. The predicted octanol–water partition coefficient (Wildman–Crippen LogP) is 3.13. The fourth-order valence-electron chi connectivity index (χ4n) is 2.23. The summed E-state index contributed by atoms with van der Waals surface area (Å²) in [7, 11) is -3.61. The van der Waals surface area contributed by atoms with Crippen LogP contribution in [0.1, 0.15) is 21.5 Å². The molecule has 0 fully saturated rings. The fraction of sp³-hybridized carbons (Fsp3) is 0.0714. The molecule has 0 atom stereocenters. The van der Waals surface area contributed by atoms with Crippen LogP contribution in [0.3, 0.4) is 0 Å². The van der Waals surface area contributed by atoms with Gasteiger partial charge in [-0.3, -0.25) is 4.79 Å². The summed E-state index contributed by atoms with van der Waals surface area (Å²) >= 11 is 3.26. The lowest BCUT2D eigenvalue weighted by atomic mass is 10.0. The van der Waals surface area contributed by atoms with Crippen molar-refractivity contribution in [3.8, 4) is 0 Å². The molecule has 0 unspecified atom stereocenters. The number of fused-ring (bicyclic) bond motifs is 2. The highest BCUT2D eigenvalue weighted by atomic mass is 79.9. The Morgan fingerprint density at radius 1 is 0.947 bits per heavy atom. The van der Waals surface area contributed by atoms with E-state index in [1.807, 2.05) is 6.92 Å². The fourth-order valence-corrected chi connectivity index (χ4v) is 4.21. The topological polar surface area (TPSA) is 51.2 Å². The Hall–Kier alpha value is -1.46. The van der Waals surface area contributed by atoms with Gasteiger partial charge < -0.3 is 0 Å². The van der Waals surface area contributed by atoms with E-state index in [1.165, 1.54) is 12.1 Å². The number of benzene rings is 2. The SMILES string of the molecule is Cc1ccc2c(c1)C(=O)c1cc(Br)ccc1S2(=O)=O. The van der Waals surface area contributed by atoms with Gasteiger partial charge in [0.05, 0.1) is 9.79 Å². The number of rotatable bonds is 0. The Labute approximate surface area is 119 Å². The molecule has 0 saturated heterocycles. The maximum Gasteiger partial charge on any atom is 0.208 e. The minimum absolute atomic E-state index is 0.0806. The minimum atomic E-state index is -3.61. The van der Waals surface area contributed by atoms with Gasteiger partial charge in [0.1, 0.15) is 0 Å². The van der Waals surface area contributed by atoms with Crippen LogP contribution in [0, 0.1) is 6.92 Å². The Bertz CT molecular complexity index is 761. The second-order valence-electron chi connectivity index (χ2n) is 4.47. The van der Waals surface area contributed by atoms with E-state index in [0.29, 0.717) is 4.47 Å². The molecule has 1 aliphatic heterocycles. The largest absolute Gasteiger partial charge is 0.289 e. The number of ketones is 1. The average Bonchev–Trinajstić information content (AvgIpc) is 2.35. The molecule has 0 bridgehead atoms. The third-order valence-corrected chi connectivity index (χ3v) is 5.51. The van der Waals surface area contributed by atoms with Gasteiger partial charge in [-0.15, -0.1) is 0 Å². The van der Waals surface area contributed by atoms with Gasteiger partial charge in [-0.1, -0.05) is 27.6 Å². The van der Waals surface area contributed by atoms with Crippen molar-refractivity contribution < 1.29 is 13.2 Å². The number of carbonyl (C=O) groups is 1. The molecule has 96 valence electrons. The lowest BCUT2D eigenvalue weighted by Crippen LogP contribution is -2.20. The predicted molar refractivity (Wildman–Crippen MR) is 74.2 cm³/mol. The van der Waals surface area contributed by atoms with Crippen LogP contribution in [0.5, 0.6) is 0 Å². The lowest BCUT2D eigenvalue weighted by molar-refractivity contribution is 0.103. The van der Waals surface area contributed by atoms with Crippen LogP contribution in [-0.4, -0.2) is 14.2 Å². The van der Waals surface area contributed by atoms with Gasteiger partial charge >= 0.3 is 0 Å². The summed E-state index contributed by atoms with van der Waals surface area (Å²) in [6, 6.07) is 9.48. The molecule has 0 amide bonds. The molecule has 2 aromatic rings. The maximum absolute atomic E-state index is 12.5. The molecule has 1 aliphatic rings. The maximum atomic E-state index is 12.5. The van der Waals surface area contributed by atoms with Crippen molar-refractivity contribution in [1.82, 2.24) is 0 Å². The zero-order valence-electron chi connectivity index (χ0n) is 9.98. The van der Waals surface area contributed by atoms with Gasteiger partial charge in [-0.25, -0.2) is 8.42 Å². The molecule has 3 nitrogen and oxygen atoms in total. The van der Waals surface area contributed by atoms with Gasteiger partial charge in [0, 0.05) is 15.6 Å². The molecule has 19 heavy (non-hydrogen) atoms. The molecule has 0 aromatic heterocycles. The Morgan fingerprint density at radius 3 is 2.21 bits per heavy atom. The van der Waals surface area contributed by atoms with Gasteiger partial charge in [0.2, 0.25) is 9.84 Å². The van der Waals surface area contributed by atoms with E-state index in [4.69, 9.17) is 0 Å². The van der Waals surface area contributed by atoms with Gasteiger partial charge in [-0.05, 0) is 37.3 Å². The molecule has 0 N–H and O–H groups in total. The van der Waals surface area contributed by atoms with E-state index >= 15 is 0 Å². The van der Waals surface area contributed by atoms with Crippen LogP contribution in [0.25, 0.3) is 0 Å². The Balaban J connectivity index is 2.43. The molecule has 0 spiro atoms. The molecular weight excluding hydrogens is 328 g/mol. The number of carbonyl (C=O) groups excluding carboxylic acids is 1. The summed E-state index contributed by atoms with van der Waals surface area (Å²) in [6.45, 7) is 1.83. The van der Waals surface area contributed by atoms with Crippen LogP contribution in [0.4, 0.5) is 0 Å². The molecule has 0 aliphatic carbocycles. The second kappa shape index (κ2) is 4.02. The molecule has 0 radical (unpaired) electrons. The van der Waals surface area contributed by atoms with Crippen LogP contribution in [-0.2, 0) is 9.84 Å². The van der Waals surface area contributed by atoms with Gasteiger partial charge in [0.25, 0.3) is 0 Å². The van der Waals surface area contributed by atoms with Gasteiger partial charge in [0.15, 0.2) is 5.78 Å². The molecular formula is C14H9BrO3S. The third kappa shape index (κ3) is 1.76. The van der Waals surface area contributed by atoms with Crippen molar-refractivity contribution in [2.24, 2.45) is 0 Å². The quantitative estimate of drug-likeness (QED) is 0.633. The first-order valence-electron chi connectivity index (χ1n) is 5.61. The van der Waals surface area contributed by atoms with E-state index in [1.54, 1.807) is 24.3 Å². The van der Waals surface area contributed by atoms with Crippen molar-refractivity contribution in [2.45, 2.75) is 16.7 Å². The molecule has 3 rings (SSSR count). The van der Waals surface area contributed by atoms with E-state index in [9.17, 15) is 13.2 Å². The standard InChI is InChI=1S/C14H9BrO3S/c1-8-2-4-12-10(6-8)14(16)11-7-9(15)3-5-13(11)19(12,17)18/h2-7H,1H3. The first-order valence-corrected chi connectivity index (χ1v) is 7.89. The van der Waals surface area contributed by atoms with Crippen molar-refractivity contribution in [3.05, 3.63) is 57.6 Å². The van der Waals surface area contributed by atoms with E-state index in [0.717, 1.165) is 5.56 Å². The number of aryl methyl sites for hydroxylation is 1. The third-order valence-electron chi connectivity index (χ3n) is 3.14. The zero-order chi connectivity index (χ0) is 13.8. The smallest absolute Gasteiger partial charge is 0.208 e. The van der Waals surface area contributed by atoms with Crippen molar-refractivity contribution in [3.63, 3.8) is 0 Å². The van der Waals surface area contributed by atoms with E-state index < -0.39 is 9.84 Å². The first-order chi connectivity index (χ1) is 8.91. The van der Waals surface area contributed by atoms with Crippen molar-refractivity contribution >= 4 is 31.6 Å². The Morgan fingerprint density at radius 2 is 1.53 bits per heavy atom. The second-order valence-corrected chi connectivity index (χ2v) is 7.27. The van der Waals surface area contributed by atoms with Crippen molar-refractivity contribution in [1.29, 1.82) is 0 Å². The summed E-state index contributed by atoms with van der Waals surface area (Å²) in [4.78, 5) is 12.6. The summed E-state index contributed by atoms with van der Waals surface area (Å²) in [5.41, 5.74) is 1.35. The molecule has 0 saturated carbocycles. The number of hydrogen-bond acceptors (Lipinski definition) is 3. The van der Waals surface area contributed by atoms with Crippen LogP contribution < -0.4 is 0 Å². The first kappa shape index (κ1) is 12.6. The van der Waals surface area contributed by atoms with E-state index in [2.05, 4.69) is 15.9 Å². The number of halogens is 1. The molecule has 5 heteroatoms. The zero-order valence-corrected chi connectivity index (χ0v) is 12.4. The minimum Gasteiger partial charge on any atom is -0.289 e.